The van der Waals surface area contributed by atoms with E-state index in [0.29, 0.717) is 32.3 Å². The summed E-state index contributed by atoms with van der Waals surface area (Å²) < 4.78 is 35.4. The van der Waals surface area contributed by atoms with E-state index in [2.05, 4.69) is 13.8 Å². The molecule has 7 aliphatic rings. The minimum absolute atomic E-state index is 0.0724. The number of hydrogen-bond donors (Lipinski definition) is 6. The molecule has 0 aromatic rings. The van der Waals surface area contributed by atoms with Crippen LogP contribution in [0.4, 0.5) is 0 Å². The molecule has 6 fully saturated rings. The Kier molecular flexibility index (Phi) is 9.60. The zero-order valence-corrected chi connectivity index (χ0v) is 29.1. The van der Waals surface area contributed by atoms with Crippen LogP contribution in [0, 0.1) is 28.6 Å². The predicted molar refractivity (Wildman–Crippen MR) is 170 cm³/mol. The van der Waals surface area contributed by atoms with Crippen molar-refractivity contribution in [2.75, 3.05) is 20.3 Å². The number of esters is 1. The van der Waals surface area contributed by atoms with E-state index >= 15 is 0 Å². The van der Waals surface area contributed by atoms with Gasteiger partial charge in [0.1, 0.15) is 37.1 Å². The first kappa shape index (κ1) is 36.1. The highest BCUT2D eigenvalue weighted by Gasteiger charge is 2.70. The van der Waals surface area contributed by atoms with Crippen molar-refractivity contribution in [2.24, 2.45) is 28.6 Å². The lowest BCUT2D eigenvalue weighted by Crippen LogP contribution is -2.67. The van der Waals surface area contributed by atoms with Crippen molar-refractivity contribution in [1.82, 2.24) is 0 Å². The van der Waals surface area contributed by atoms with Crippen LogP contribution in [0.3, 0.4) is 0 Å². The van der Waals surface area contributed by atoms with Gasteiger partial charge in [0.05, 0.1) is 36.1 Å². The van der Waals surface area contributed by atoms with Crippen molar-refractivity contribution >= 4 is 5.97 Å². The van der Waals surface area contributed by atoms with Gasteiger partial charge in [0.2, 0.25) is 0 Å². The number of fused-ring (bicyclic) bond motifs is 5. The van der Waals surface area contributed by atoms with Crippen LogP contribution in [0.5, 0.6) is 0 Å². The first-order valence-electron chi connectivity index (χ1n) is 18.3. The first-order chi connectivity index (χ1) is 23.2. The number of hydrogen-bond acceptors (Lipinski definition) is 13. The van der Waals surface area contributed by atoms with Crippen LogP contribution in [0.2, 0.25) is 0 Å². The van der Waals surface area contributed by atoms with E-state index in [1.54, 1.807) is 20.1 Å². The van der Waals surface area contributed by atoms with Crippen LogP contribution < -0.4 is 0 Å². The molecule has 0 spiro atoms. The van der Waals surface area contributed by atoms with Crippen LogP contribution in [0.15, 0.2) is 11.6 Å². The molecule has 17 atom stereocenters. The van der Waals surface area contributed by atoms with Gasteiger partial charge in [-0.25, -0.2) is 4.79 Å². The third kappa shape index (κ3) is 5.65. The Balaban J connectivity index is 0.994. The van der Waals surface area contributed by atoms with Crippen molar-refractivity contribution in [3.63, 3.8) is 0 Å². The SMILES string of the molecule is CO[C@H]1C[C@H](O[C@H]2CC[C@]3(C)[C@H]4CC[C@]5(C)[C@@H](C6=CC(=O)OC6)CC[C@]5(O)[C@@H]4CC[C@]3(O)C2)O[C@H](C)C1OC1O[C@H](CO)[C@@H](O)[C@H](O)[C@H]1O. The lowest BCUT2D eigenvalue weighted by molar-refractivity contribution is -0.347. The fourth-order valence-corrected chi connectivity index (χ4v) is 11.5. The average molecular weight is 697 g/mol. The number of aliphatic hydroxyl groups excluding tert-OH is 4. The molecule has 2 unspecified atom stereocenters. The van der Waals surface area contributed by atoms with E-state index in [-0.39, 0.29) is 40.7 Å². The fourth-order valence-electron chi connectivity index (χ4n) is 11.5. The second-order valence-electron chi connectivity index (χ2n) is 16.6. The summed E-state index contributed by atoms with van der Waals surface area (Å²) in [5, 5.41) is 65.4. The van der Waals surface area contributed by atoms with Gasteiger partial charge < -0.3 is 59.1 Å². The van der Waals surface area contributed by atoms with E-state index in [9.17, 15) is 35.4 Å². The van der Waals surface area contributed by atoms with Gasteiger partial charge in [-0.1, -0.05) is 13.8 Å². The minimum atomic E-state index is -1.56. The number of rotatable bonds is 7. The zero-order chi connectivity index (χ0) is 35.1. The van der Waals surface area contributed by atoms with Gasteiger partial charge in [0, 0.05) is 31.4 Å². The first-order valence-corrected chi connectivity index (χ1v) is 18.3. The van der Waals surface area contributed by atoms with E-state index in [0.717, 1.165) is 44.1 Å². The van der Waals surface area contributed by atoms with Gasteiger partial charge >= 0.3 is 5.97 Å². The minimum Gasteiger partial charge on any atom is -0.458 e. The van der Waals surface area contributed by atoms with E-state index < -0.39 is 73.1 Å². The molecule has 0 bridgehead atoms. The third-order valence-electron chi connectivity index (χ3n) is 14.5. The Bertz CT molecular complexity index is 1280. The zero-order valence-electron chi connectivity index (χ0n) is 29.1. The van der Waals surface area contributed by atoms with Crippen LogP contribution in [-0.4, -0.2) is 130 Å². The van der Waals surface area contributed by atoms with Crippen LogP contribution >= 0.6 is 0 Å². The maximum Gasteiger partial charge on any atom is 0.331 e. The maximum atomic E-state index is 12.5. The molecule has 0 amide bonds. The summed E-state index contributed by atoms with van der Waals surface area (Å²) >= 11 is 0. The van der Waals surface area contributed by atoms with Gasteiger partial charge in [-0.2, -0.15) is 0 Å². The maximum absolute atomic E-state index is 12.5. The second-order valence-corrected chi connectivity index (χ2v) is 16.6. The van der Waals surface area contributed by atoms with Gasteiger partial charge in [-0.15, -0.1) is 0 Å². The third-order valence-corrected chi connectivity index (χ3v) is 14.5. The Hall–Kier alpha value is -1.23. The molecule has 49 heavy (non-hydrogen) atoms. The molecule has 3 heterocycles. The highest BCUT2D eigenvalue weighted by Crippen LogP contribution is 2.70. The second kappa shape index (κ2) is 13.0. The van der Waals surface area contributed by atoms with Crippen LogP contribution in [-0.2, 0) is 33.2 Å². The molecule has 6 N–H and O–H groups in total. The highest BCUT2D eigenvalue weighted by molar-refractivity contribution is 5.85. The quantitative estimate of drug-likeness (QED) is 0.164. The van der Waals surface area contributed by atoms with E-state index in [1.165, 1.54) is 0 Å². The Morgan fingerprint density at radius 1 is 0.898 bits per heavy atom. The Morgan fingerprint density at radius 2 is 1.63 bits per heavy atom. The van der Waals surface area contributed by atoms with E-state index in [1.807, 2.05) is 0 Å². The van der Waals surface area contributed by atoms with Crippen molar-refractivity contribution in [3.05, 3.63) is 11.6 Å². The molecule has 13 heteroatoms. The smallest absolute Gasteiger partial charge is 0.331 e. The number of methoxy groups -OCH3 is 1. The summed E-state index contributed by atoms with van der Waals surface area (Å²) in [7, 11) is 1.55. The van der Waals surface area contributed by atoms with Crippen LogP contribution in [0.25, 0.3) is 0 Å². The lowest BCUT2D eigenvalue weighted by Gasteiger charge is -2.66. The van der Waals surface area contributed by atoms with Crippen molar-refractivity contribution < 1.29 is 63.9 Å². The summed E-state index contributed by atoms with van der Waals surface area (Å²) in [5.41, 5.74) is -1.52. The fraction of sp³-hybridized carbons (Fsp3) is 0.917. The summed E-state index contributed by atoms with van der Waals surface area (Å²) in [5.74, 6) is 0.0783. The predicted octanol–water partition coefficient (Wildman–Crippen LogP) is 1.08. The molecule has 0 radical (unpaired) electrons. The summed E-state index contributed by atoms with van der Waals surface area (Å²) in [6.07, 6.45) is -1.10. The standard InChI is InChI=1S/C36H56O13/c1-18-31(49-32-30(41)29(40)28(39)25(16-37)48-32)24(44-4)14-27(46-18)47-20-5-9-33(2)22-6-10-34(3)21(19-13-26(38)45-17-19)8-12-36(34,43)23(22)7-11-35(33,42)15-20/h13,18,20-25,27-32,37,39-43H,5-12,14-17H2,1-4H3/t18-,20+,21-,22+,23-,24+,25-,27+,28-,29+,30-,31?,32?,33-,34-,35+,36+/m1/s1. The van der Waals surface area contributed by atoms with Gasteiger partial charge in [-0.3, -0.25) is 0 Å². The van der Waals surface area contributed by atoms with Crippen molar-refractivity contribution in [3.8, 4) is 0 Å². The van der Waals surface area contributed by atoms with Gasteiger partial charge in [0.25, 0.3) is 0 Å². The molecule has 4 aliphatic carbocycles. The van der Waals surface area contributed by atoms with Crippen molar-refractivity contribution in [2.45, 2.75) is 158 Å². The molecule has 4 saturated carbocycles. The summed E-state index contributed by atoms with van der Waals surface area (Å²) in [4.78, 5) is 11.9. The summed E-state index contributed by atoms with van der Waals surface area (Å²) in [6, 6.07) is 0. The number of aliphatic hydroxyl groups is 6. The highest BCUT2D eigenvalue weighted by atomic mass is 16.7. The van der Waals surface area contributed by atoms with Crippen molar-refractivity contribution in [1.29, 1.82) is 0 Å². The summed E-state index contributed by atoms with van der Waals surface area (Å²) in [6.45, 7) is 5.98. The largest absolute Gasteiger partial charge is 0.458 e. The Labute approximate surface area is 287 Å². The van der Waals surface area contributed by atoms with Crippen LogP contribution in [0.1, 0.15) is 85.0 Å². The number of ether oxygens (including phenoxy) is 6. The molecule has 278 valence electrons. The normalized spacial score (nSPS) is 54.4. The molecular formula is C36H56O13. The number of cyclic esters (lactones) is 1. The van der Waals surface area contributed by atoms with Gasteiger partial charge in [-0.05, 0) is 87.0 Å². The molecular weight excluding hydrogens is 640 g/mol. The Morgan fingerprint density at radius 3 is 2.33 bits per heavy atom. The molecule has 7 rings (SSSR count). The number of carbonyl (C=O) groups is 1. The molecule has 3 aliphatic heterocycles. The monoisotopic (exact) mass is 696 g/mol. The molecule has 0 aromatic heterocycles. The molecule has 13 nitrogen and oxygen atoms in total. The topological polar surface area (TPSA) is 194 Å². The average Bonchev–Trinajstić information content (AvgIpc) is 3.61. The molecule has 2 saturated heterocycles. The van der Waals surface area contributed by atoms with E-state index in [4.69, 9.17) is 28.4 Å². The van der Waals surface area contributed by atoms with Gasteiger partial charge in [0.15, 0.2) is 12.6 Å². The number of carbonyl (C=O) groups excluding carboxylic acids is 1. The molecule has 0 aromatic carbocycles. The lowest BCUT2D eigenvalue weighted by atomic mass is 9.42.